The summed E-state index contributed by atoms with van der Waals surface area (Å²) < 4.78 is 17.4. The van der Waals surface area contributed by atoms with Gasteiger partial charge in [0.1, 0.15) is 12.3 Å². The standard InChI is InChI=1S/C17H24IN2O6P/c1-11(2)8-19(10-27(23,24)25)17(22)20-9-12-4-5-14(18)6-13(12)7-15(20)16(21)26-3/h4-6,11,15H,7-10H2,1-3H3,(H2,23,24,25). The third-order valence-corrected chi connectivity index (χ3v) is 5.61. The third-order valence-electron chi connectivity index (χ3n) is 4.23. The fourth-order valence-corrected chi connectivity index (χ4v) is 4.38. The first-order valence-corrected chi connectivity index (χ1v) is 11.3. The topological polar surface area (TPSA) is 107 Å². The van der Waals surface area contributed by atoms with Crippen LogP contribution in [0.25, 0.3) is 0 Å². The number of carbonyl (C=O) groups excluding carboxylic acids is 2. The van der Waals surface area contributed by atoms with E-state index in [1.807, 2.05) is 32.0 Å². The van der Waals surface area contributed by atoms with Crippen molar-refractivity contribution in [2.45, 2.75) is 32.9 Å². The zero-order valence-electron chi connectivity index (χ0n) is 15.5. The van der Waals surface area contributed by atoms with Crippen molar-refractivity contribution in [3.63, 3.8) is 0 Å². The lowest BCUT2D eigenvalue weighted by atomic mass is 9.94. The lowest BCUT2D eigenvalue weighted by molar-refractivity contribution is -0.146. The summed E-state index contributed by atoms with van der Waals surface area (Å²) in [5, 5.41) is 0. The highest BCUT2D eigenvalue weighted by Crippen LogP contribution is 2.36. The predicted molar refractivity (Wildman–Crippen MR) is 108 cm³/mol. The van der Waals surface area contributed by atoms with Gasteiger partial charge in [0.25, 0.3) is 0 Å². The molecule has 27 heavy (non-hydrogen) atoms. The summed E-state index contributed by atoms with van der Waals surface area (Å²) in [5.41, 5.74) is 1.87. The van der Waals surface area contributed by atoms with Gasteiger partial charge in [0.2, 0.25) is 0 Å². The molecular weight excluding hydrogens is 486 g/mol. The number of methoxy groups -OCH3 is 1. The van der Waals surface area contributed by atoms with Crippen LogP contribution in [0.3, 0.4) is 0 Å². The Morgan fingerprint density at radius 3 is 2.59 bits per heavy atom. The molecule has 0 bridgehead atoms. The van der Waals surface area contributed by atoms with Gasteiger partial charge in [-0.1, -0.05) is 19.9 Å². The Kier molecular flexibility index (Phi) is 7.29. The van der Waals surface area contributed by atoms with Crippen LogP contribution in [0.15, 0.2) is 18.2 Å². The van der Waals surface area contributed by atoms with Gasteiger partial charge in [-0.25, -0.2) is 9.59 Å². The van der Waals surface area contributed by atoms with E-state index in [-0.39, 0.29) is 19.0 Å². The number of amides is 2. The van der Waals surface area contributed by atoms with Crippen molar-refractivity contribution in [2.24, 2.45) is 5.92 Å². The summed E-state index contributed by atoms with van der Waals surface area (Å²) in [7, 11) is -3.18. The first-order valence-electron chi connectivity index (χ1n) is 8.47. The molecule has 1 aliphatic heterocycles. The number of nitrogens with zero attached hydrogens (tertiary/aromatic N) is 2. The minimum atomic E-state index is -4.44. The molecule has 2 rings (SSSR count). The molecule has 1 heterocycles. The molecule has 0 radical (unpaired) electrons. The number of esters is 1. The van der Waals surface area contributed by atoms with Crippen molar-refractivity contribution >= 4 is 42.2 Å². The van der Waals surface area contributed by atoms with Crippen molar-refractivity contribution in [1.29, 1.82) is 0 Å². The van der Waals surface area contributed by atoms with E-state index in [1.165, 1.54) is 12.0 Å². The van der Waals surface area contributed by atoms with E-state index in [1.54, 1.807) is 0 Å². The summed E-state index contributed by atoms with van der Waals surface area (Å²) in [6, 6.07) is 4.38. The molecule has 1 atom stereocenters. The number of ether oxygens (including phenoxy) is 1. The molecule has 0 spiro atoms. The van der Waals surface area contributed by atoms with Gasteiger partial charge in [0, 0.05) is 23.1 Å². The number of urea groups is 1. The van der Waals surface area contributed by atoms with Crippen LogP contribution < -0.4 is 0 Å². The molecule has 0 aliphatic carbocycles. The van der Waals surface area contributed by atoms with Crippen molar-refractivity contribution in [1.82, 2.24) is 9.80 Å². The molecule has 8 nitrogen and oxygen atoms in total. The number of fused-ring (bicyclic) bond motifs is 1. The Labute approximate surface area is 172 Å². The number of halogens is 1. The van der Waals surface area contributed by atoms with Crippen LogP contribution >= 0.6 is 30.2 Å². The Morgan fingerprint density at radius 1 is 1.37 bits per heavy atom. The maximum Gasteiger partial charge on any atom is 0.344 e. The Bertz CT molecular complexity index is 766. The maximum absolute atomic E-state index is 13.1. The molecule has 0 saturated carbocycles. The van der Waals surface area contributed by atoms with Crippen molar-refractivity contribution in [3.8, 4) is 0 Å². The van der Waals surface area contributed by atoms with Gasteiger partial charge in [-0.15, -0.1) is 0 Å². The van der Waals surface area contributed by atoms with Crippen LogP contribution in [0.2, 0.25) is 0 Å². The van der Waals surface area contributed by atoms with E-state index >= 15 is 0 Å². The van der Waals surface area contributed by atoms with E-state index in [0.717, 1.165) is 19.6 Å². The van der Waals surface area contributed by atoms with Crippen LogP contribution in [-0.2, 0) is 27.1 Å². The SMILES string of the molecule is COC(=O)C1Cc2cc(I)ccc2CN1C(=O)N(CC(C)C)CP(=O)(O)O. The van der Waals surface area contributed by atoms with Gasteiger partial charge < -0.3 is 24.3 Å². The molecule has 1 aliphatic rings. The zero-order valence-corrected chi connectivity index (χ0v) is 18.5. The summed E-state index contributed by atoms with van der Waals surface area (Å²) in [6.07, 6.45) is -0.385. The molecule has 10 heteroatoms. The number of hydrogen-bond donors (Lipinski definition) is 2. The Hall–Kier alpha value is -1.16. The Morgan fingerprint density at radius 2 is 2.04 bits per heavy atom. The van der Waals surface area contributed by atoms with E-state index < -0.39 is 31.9 Å². The monoisotopic (exact) mass is 510 g/mol. The van der Waals surface area contributed by atoms with E-state index in [2.05, 4.69) is 22.6 Å². The number of hydrogen-bond acceptors (Lipinski definition) is 4. The third kappa shape index (κ3) is 5.91. The summed E-state index contributed by atoms with van der Waals surface area (Å²) in [5.74, 6) is -0.538. The second-order valence-electron chi connectivity index (χ2n) is 6.99. The highest BCUT2D eigenvalue weighted by Gasteiger charge is 2.38. The smallest absolute Gasteiger partial charge is 0.344 e. The van der Waals surface area contributed by atoms with Crippen LogP contribution in [0, 0.1) is 9.49 Å². The highest BCUT2D eigenvalue weighted by atomic mass is 127. The molecule has 0 fully saturated rings. The lowest BCUT2D eigenvalue weighted by Crippen LogP contribution is -2.54. The first-order chi connectivity index (χ1) is 12.5. The first kappa shape index (κ1) is 22.1. The minimum Gasteiger partial charge on any atom is -0.467 e. The summed E-state index contributed by atoms with van der Waals surface area (Å²) >= 11 is 2.19. The van der Waals surface area contributed by atoms with Crippen molar-refractivity contribution in [3.05, 3.63) is 32.9 Å². The van der Waals surface area contributed by atoms with Gasteiger partial charge >= 0.3 is 19.6 Å². The molecule has 0 saturated heterocycles. The minimum absolute atomic E-state index is 0.00994. The van der Waals surface area contributed by atoms with Gasteiger partial charge in [-0.2, -0.15) is 0 Å². The largest absolute Gasteiger partial charge is 0.467 e. The molecule has 2 N–H and O–H groups in total. The van der Waals surface area contributed by atoms with Gasteiger partial charge in [-0.05, 0) is 51.8 Å². The Balaban J connectivity index is 2.37. The van der Waals surface area contributed by atoms with Gasteiger partial charge in [-0.3, -0.25) is 4.57 Å². The fourth-order valence-electron chi connectivity index (χ4n) is 3.14. The highest BCUT2D eigenvalue weighted by molar-refractivity contribution is 14.1. The predicted octanol–water partition coefficient (Wildman–Crippen LogP) is 2.40. The summed E-state index contributed by atoms with van der Waals surface area (Å²) in [4.78, 5) is 46.6. The molecular formula is C17H24IN2O6P. The average Bonchev–Trinajstić information content (AvgIpc) is 2.57. The quantitative estimate of drug-likeness (QED) is 0.358. The van der Waals surface area contributed by atoms with Crippen molar-refractivity contribution < 1.29 is 28.7 Å². The molecule has 1 aromatic rings. The lowest BCUT2D eigenvalue weighted by Gasteiger charge is -2.39. The fraction of sp³-hybridized carbons (Fsp3) is 0.529. The van der Waals surface area contributed by atoms with E-state index in [0.29, 0.717) is 6.42 Å². The number of rotatable bonds is 5. The van der Waals surface area contributed by atoms with Crippen LogP contribution in [0.4, 0.5) is 4.79 Å². The second kappa shape index (κ2) is 8.89. The zero-order chi connectivity index (χ0) is 20.4. The van der Waals surface area contributed by atoms with Crippen LogP contribution in [0.1, 0.15) is 25.0 Å². The number of benzene rings is 1. The van der Waals surface area contributed by atoms with Gasteiger partial charge in [0.05, 0.1) is 7.11 Å². The molecule has 1 unspecified atom stereocenters. The number of carbonyl (C=O) groups is 2. The maximum atomic E-state index is 13.1. The average molecular weight is 510 g/mol. The summed E-state index contributed by atoms with van der Waals surface area (Å²) in [6.45, 7) is 4.06. The molecule has 2 amide bonds. The van der Waals surface area contributed by atoms with E-state index in [4.69, 9.17) is 4.74 Å². The second-order valence-corrected chi connectivity index (χ2v) is 9.85. The molecule has 150 valence electrons. The van der Waals surface area contributed by atoms with E-state index in [9.17, 15) is 23.9 Å². The van der Waals surface area contributed by atoms with Gasteiger partial charge in [0.15, 0.2) is 0 Å². The van der Waals surface area contributed by atoms with Crippen LogP contribution in [-0.4, -0.2) is 57.6 Å². The van der Waals surface area contributed by atoms with Crippen molar-refractivity contribution in [2.75, 3.05) is 19.9 Å². The molecule has 0 aromatic heterocycles. The normalized spacial score (nSPS) is 16.9. The molecule has 1 aromatic carbocycles. The van der Waals surface area contributed by atoms with Crippen LogP contribution in [0.5, 0.6) is 0 Å².